The Hall–Kier alpha value is -1.44. The van der Waals surface area contributed by atoms with Crippen molar-refractivity contribution in [1.82, 2.24) is 4.98 Å². The summed E-state index contributed by atoms with van der Waals surface area (Å²) in [4.78, 5) is 3.38. The smallest absolute Gasteiger partial charge is 0.117 e. The summed E-state index contributed by atoms with van der Waals surface area (Å²) in [5.74, 6) is 0.309. The molecular weight excluding hydrogens is 186 g/mol. The highest BCUT2D eigenvalue weighted by molar-refractivity contribution is 5.85. The maximum absolute atomic E-state index is 9.41. The zero-order valence-electron chi connectivity index (χ0n) is 9.68. The molecular formula is C13H17NO. The maximum atomic E-state index is 9.41. The van der Waals surface area contributed by atoms with Gasteiger partial charge in [0.25, 0.3) is 0 Å². The molecule has 0 unspecified atom stereocenters. The molecule has 0 bridgehead atoms. The monoisotopic (exact) mass is 203 g/mol. The molecule has 0 fully saturated rings. The summed E-state index contributed by atoms with van der Waals surface area (Å²) in [6.45, 7) is 8.68. The number of nitrogens with one attached hydrogen (secondary N) is 1. The lowest BCUT2D eigenvalue weighted by molar-refractivity contribution is 0.476. The van der Waals surface area contributed by atoms with E-state index in [-0.39, 0.29) is 5.41 Å². The first kappa shape index (κ1) is 10.1. The van der Waals surface area contributed by atoms with Crippen molar-refractivity contribution < 1.29 is 5.11 Å². The molecule has 0 aliphatic rings. The van der Waals surface area contributed by atoms with E-state index in [9.17, 15) is 5.11 Å². The summed E-state index contributed by atoms with van der Waals surface area (Å²) in [6.07, 6.45) is 0. The molecule has 1 aromatic heterocycles. The zero-order valence-corrected chi connectivity index (χ0v) is 9.68. The normalized spacial score (nSPS) is 12.3. The van der Waals surface area contributed by atoms with Crippen molar-refractivity contribution in [2.24, 2.45) is 0 Å². The van der Waals surface area contributed by atoms with Gasteiger partial charge in [0.1, 0.15) is 5.75 Å². The number of benzene rings is 1. The minimum atomic E-state index is 0.110. The molecule has 15 heavy (non-hydrogen) atoms. The van der Waals surface area contributed by atoms with Gasteiger partial charge in [-0.2, -0.15) is 0 Å². The Bertz CT molecular complexity index is 503. The van der Waals surface area contributed by atoms with E-state index in [0.29, 0.717) is 5.75 Å². The molecule has 0 amide bonds. The van der Waals surface area contributed by atoms with Crippen molar-refractivity contribution in [2.75, 3.05) is 0 Å². The number of aromatic amines is 1. The molecule has 0 atom stereocenters. The predicted octanol–water partition coefficient (Wildman–Crippen LogP) is 3.48. The first-order valence-corrected chi connectivity index (χ1v) is 5.21. The molecule has 2 aromatic rings. The van der Waals surface area contributed by atoms with E-state index in [1.54, 1.807) is 12.1 Å². The van der Waals surface area contributed by atoms with Gasteiger partial charge in [-0.25, -0.2) is 0 Å². The summed E-state index contributed by atoms with van der Waals surface area (Å²) < 4.78 is 0. The number of hydrogen-bond donors (Lipinski definition) is 2. The van der Waals surface area contributed by atoms with Gasteiger partial charge in [-0.15, -0.1) is 0 Å². The molecule has 80 valence electrons. The predicted molar refractivity (Wildman–Crippen MR) is 63.4 cm³/mol. The minimum Gasteiger partial charge on any atom is -0.508 e. The number of phenols is 1. The first-order chi connectivity index (χ1) is 6.89. The van der Waals surface area contributed by atoms with Crippen molar-refractivity contribution in [1.29, 1.82) is 0 Å². The van der Waals surface area contributed by atoms with E-state index in [2.05, 4.69) is 32.7 Å². The van der Waals surface area contributed by atoms with Gasteiger partial charge < -0.3 is 10.1 Å². The van der Waals surface area contributed by atoms with Crippen LogP contribution in [0.2, 0.25) is 0 Å². The summed E-state index contributed by atoms with van der Waals surface area (Å²) >= 11 is 0. The van der Waals surface area contributed by atoms with Crippen LogP contribution in [0.25, 0.3) is 10.9 Å². The fourth-order valence-electron chi connectivity index (χ4n) is 2.08. The Kier molecular flexibility index (Phi) is 2.03. The van der Waals surface area contributed by atoms with Crippen molar-refractivity contribution in [3.63, 3.8) is 0 Å². The lowest BCUT2D eigenvalue weighted by atomic mass is 9.89. The van der Waals surface area contributed by atoms with Gasteiger partial charge >= 0.3 is 0 Å². The molecule has 0 aliphatic carbocycles. The van der Waals surface area contributed by atoms with Gasteiger partial charge in [0.15, 0.2) is 0 Å². The van der Waals surface area contributed by atoms with Crippen LogP contribution in [-0.2, 0) is 5.41 Å². The van der Waals surface area contributed by atoms with Crippen molar-refractivity contribution in [3.05, 3.63) is 29.5 Å². The van der Waals surface area contributed by atoms with Crippen LogP contribution in [0.15, 0.2) is 18.2 Å². The van der Waals surface area contributed by atoms with E-state index >= 15 is 0 Å². The molecule has 2 N–H and O–H groups in total. The van der Waals surface area contributed by atoms with Crippen LogP contribution >= 0.6 is 0 Å². The Labute approximate surface area is 89.9 Å². The topological polar surface area (TPSA) is 36.0 Å². The molecule has 2 nitrogen and oxygen atoms in total. The maximum Gasteiger partial charge on any atom is 0.117 e. The summed E-state index contributed by atoms with van der Waals surface area (Å²) in [6, 6.07) is 5.47. The second-order valence-electron chi connectivity index (χ2n) is 5.10. The third-order valence-electron chi connectivity index (χ3n) is 2.79. The van der Waals surface area contributed by atoms with E-state index in [1.807, 2.05) is 6.07 Å². The first-order valence-electron chi connectivity index (χ1n) is 5.21. The van der Waals surface area contributed by atoms with Gasteiger partial charge in [0.2, 0.25) is 0 Å². The number of hydrogen-bond acceptors (Lipinski definition) is 1. The number of aryl methyl sites for hydroxylation is 1. The molecule has 0 aliphatic heterocycles. The number of phenolic OH excluding ortho intramolecular Hbond substituents is 1. The van der Waals surface area contributed by atoms with Gasteiger partial charge in [0.05, 0.1) is 0 Å². The van der Waals surface area contributed by atoms with Gasteiger partial charge in [-0.1, -0.05) is 20.8 Å². The molecule has 2 rings (SSSR count). The lowest BCUT2D eigenvalue weighted by Gasteiger charge is -2.17. The summed E-state index contributed by atoms with van der Waals surface area (Å²) in [5, 5.41) is 10.6. The molecule has 1 aromatic carbocycles. The fourth-order valence-corrected chi connectivity index (χ4v) is 2.08. The number of aromatic hydroxyl groups is 1. The quantitative estimate of drug-likeness (QED) is 0.675. The SMILES string of the molecule is Cc1c(C(C)(C)C)[nH]c2cc(O)ccc12. The number of aromatic nitrogens is 1. The molecule has 0 saturated heterocycles. The second-order valence-corrected chi connectivity index (χ2v) is 5.10. The highest BCUT2D eigenvalue weighted by Gasteiger charge is 2.19. The Morgan fingerprint density at radius 2 is 1.87 bits per heavy atom. The minimum absolute atomic E-state index is 0.110. The Morgan fingerprint density at radius 1 is 1.20 bits per heavy atom. The van der Waals surface area contributed by atoms with Crippen molar-refractivity contribution in [3.8, 4) is 5.75 Å². The highest BCUT2D eigenvalue weighted by Crippen LogP contribution is 2.31. The molecule has 0 radical (unpaired) electrons. The standard InChI is InChI=1S/C13H17NO/c1-8-10-6-5-9(15)7-11(10)14-12(8)13(2,3)4/h5-7,14-15H,1-4H3. The van der Waals surface area contributed by atoms with Crippen LogP contribution in [0, 0.1) is 6.92 Å². The summed E-state index contributed by atoms with van der Waals surface area (Å²) in [5.41, 5.74) is 3.64. The average Bonchev–Trinajstić information content (AvgIpc) is 2.42. The van der Waals surface area contributed by atoms with Crippen LogP contribution in [-0.4, -0.2) is 10.1 Å². The van der Waals surface area contributed by atoms with Crippen LogP contribution in [0.1, 0.15) is 32.0 Å². The number of H-pyrrole nitrogens is 1. The van der Waals surface area contributed by atoms with Crippen LogP contribution in [0.3, 0.4) is 0 Å². The fraction of sp³-hybridized carbons (Fsp3) is 0.385. The van der Waals surface area contributed by atoms with Gasteiger partial charge in [-0.05, 0) is 24.6 Å². The van der Waals surface area contributed by atoms with E-state index in [1.165, 1.54) is 16.6 Å². The third-order valence-corrected chi connectivity index (χ3v) is 2.79. The Balaban J connectivity index is 2.75. The summed E-state index contributed by atoms with van der Waals surface area (Å²) in [7, 11) is 0. The number of fused-ring (bicyclic) bond motifs is 1. The average molecular weight is 203 g/mol. The lowest BCUT2D eigenvalue weighted by Crippen LogP contribution is -2.12. The largest absolute Gasteiger partial charge is 0.508 e. The van der Waals surface area contributed by atoms with Crippen LogP contribution in [0.4, 0.5) is 0 Å². The molecule has 0 spiro atoms. The van der Waals surface area contributed by atoms with Crippen LogP contribution < -0.4 is 0 Å². The third kappa shape index (κ3) is 1.60. The van der Waals surface area contributed by atoms with Gasteiger partial charge in [-0.3, -0.25) is 0 Å². The van der Waals surface area contributed by atoms with Crippen molar-refractivity contribution in [2.45, 2.75) is 33.1 Å². The number of rotatable bonds is 0. The molecule has 2 heteroatoms. The van der Waals surface area contributed by atoms with E-state index in [0.717, 1.165) is 5.52 Å². The van der Waals surface area contributed by atoms with E-state index in [4.69, 9.17) is 0 Å². The van der Waals surface area contributed by atoms with Crippen molar-refractivity contribution >= 4 is 10.9 Å². The highest BCUT2D eigenvalue weighted by atomic mass is 16.3. The molecule has 1 heterocycles. The van der Waals surface area contributed by atoms with E-state index < -0.39 is 0 Å². The zero-order chi connectivity index (χ0) is 11.2. The van der Waals surface area contributed by atoms with Gasteiger partial charge in [0, 0.05) is 28.1 Å². The van der Waals surface area contributed by atoms with Crippen LogP contribution in [0.5, 0.6) is 5.75 Å². The second kappa shape index (κ2) is 3.02. The Morgan fingerprint density at radius 3 is 2.47 bits per heavy atom. The molecule has 0 saturated carbocycles.